The van der Waals surface area contributed by atoms with Crippen LogP contribution < -0.4 is 9.47 Å². The van der Waals surface area contributed by atoms with E-state index in [0.717, 1.165) is 47.7 Å². The van der Waals surface area contributed by atoms with Crippen molar-refractivity contribution in [2.45, 2.75) is 46.3 Å². The number of rotatable bonds is 9. The largest absolute Gasteiger partial charge is 0.494 e. The van der Waals surface area contributed by atoms with E-state index >= 15 is 0 Å². The van der Waals surface area contributed by atoms with Crippen molar-refractivity contribution in [3.05, 3.63) is 89.7 Å². The number of benzene rings is 3. The molecule has 0 aliphatic rings. The van der Waals surface area contributed by atoms with E-state index in [4.69, 9.17) is 14.5 Å². The Labute approximate surface area is 184 Å². The number of aromatic nitrogens is 2. The maximum Gasteiger partial charge on any atom is 0.153 e. The molecule has 0 amide bonds. The lowest BCUT2D eigenvalue weighted by atomic mass is 10.2. The second kappa shape index (κ2) is 9.69. The summed E-state index contributed by atoms with van der Waals surface area (Å²) in [6.45, 7) is 7.82. The number of hydrogen-bond donors (Lipinski definition) is 0. The van der Waals surface area contributed by atoms with Gasteiger partial charge in [-0.05, 0) is 75.6 Å². The summed E-state index contributed by atoms with van der Waals surface area (Å²) in [6.07, 6.45) is 1.85. The summed E-state index contributed by atoms with van der Waals surface area (Å²) >= 11 is 0. The van der Waals surface area contributed by atoms with Gasteiger partial charge in [0.05, 0.1) is 17.6 Å². The molecule has 0 saturated heterocycles. The molecule has 0 saturated carbocycles. The molecule has 1 atom stereocenters. The molecule has 0 radical (unpaired) electrons. The van der Waals surface area contributed by atoms with Crippen LogP contribution >= 0.6 is 0 Å². The van der Waals surface area contributed by atoms with Crippen molar-refractivity contribution in [2.24, 2.45) is 0 Å². The highest BCUT2D eigenvalue weighted by Gasteiger charge is 2.18. The van der Waals surface area contributed by atoms with Crippen LogP contribution in [-0.2, 0) is 6.54 Å². The summed E-state index contributed by atoms with van der Waals surface area (Å²) < 4.78 is 14.4. The topological polar surface area (TPSA) is 36.3 Å². The number of fused-ring (bicyclic) bond motifs is 1. The van der Waals surface area contributed by atoms with Gasteiger partial charge in [0.25, 0.3) is 0 Å². The van der Waals surface area contributed by atoms with Gasteiger partial charge in [-0.25, -0.2) is 4.98 Å². The van der Waals surface area contributed by atoms with E-state index in [2.05, 4.69) is 67.8 Å². The van der Waals surface area contributed by atoms with Crippen molar-refractivity contribution < 1.29 is 9.47 Å². The molecule has 1 heterocycles. The molecule has 1 unspecified atom stereocenters. The fraction of sp³-hybridized carbons (Fsp3) is 0.296. The summed E-state index contributed by atoms with van der Waals surface area (Å²) in [7, 11) is 0. The van der Waals surface area contributed by atoms with Gasteiger partial charge in [-0.15, -0.1) is 0 Å². The predicted molar refractivity (Wildman–Crippen MR) is 126 cm³/mol. The van der Waals surface area contributed by atoms with Crippen LogP contribution in [0.1, 0.15) is 42.8 Å². The number of nitrogens with zero attached hydrogens (tertiary/aromatic N) is 2. The van der Waals surface area contributed by atoms with Crippen LogP contribution in [0.15, 0.2) is 72.8 Å². The minimum absolute atomic E-state index is 0.141. The van der Waals surface area contributed by atoms with Crippen LogP contribution in [-0.4, -0.2) is 16.2 Å². The SMILES string of the molecule is Cc1ccc(OCCCCn2c(C(C)Oc3cccc(C)c3)nc3ccccc32)cc1. The third-order valence-electron chi connectivity index (χ3n) is 5.42. The van der Waals surface area contributed by atoms with Crippen molar-refractivity contribution in [3.8, 4) is 11.5 Å². The van der Waals surface area contributed by atoms with E-state index in [1.165, 1.54) is 11.1 Å². The van der Waals surface area contributed by atoms with E-state index in [1.807, 2.05) is 30.3 Å². The van der Waals surface area contributed by atoms with Crippen LogP contribution in [0.5, 0.6) is 11.5 Å². The Morgan fingerprint density at radius 1 is 0.839 bits per heavy atom. The smallest absolute Gasteiger partial charge is 0.153 e. The zero-order valence-electron chi connectivity index (χ0n) is 18.5. The van der Waals surface area contributed by atoms with E-state index in [-0.39, 0.29) is 6.10 Å². The van der Waals surface area contributed by atoms with Crippen LogP contribution in [0.4, 0.5) is 0 Å². The fourth-order valence-corrected chi connectivity index (χ4v) is 3.78. The molecule has 160 valence electrons. The zero-order chi connectivity index (χ0) is 21.6. The number of imidazole rings is 1. The first kappa shape index (κ1) is 21.0. The molecule has 4 aromatic rings. The van der Waals surface area contributed by atoms with Gasteiger partial charge in [0.1, 0.15) is 11.5 Å². The van der Waals surface area contributed by atoms with Crippen molar-refractivity contribution >= 4 is 11.0 Å². The van der Waals surface area contributed by atoms with Gasteiger partial charge in [0.15, 0.2) is 11.9 Å². The standard InChI is InChI=1S/C27H30N2O2/c1-20-13-15-23(16-14-20)30-18-7-6-17-29-26-12-5-4-11-25(26)28-27(29)22(3)31-24-10-8-9-21(2)19-24/h4-5,8-16,19,22H,6-7,17-18H2,1-3H3. The maximum absolute atomic E-state index is 6.24. The van der Waals surface area contributed by atoms with Gasteiger partial charge >= 0.3 is 0 Å². The third kappa shape index (κ3) is 5.26. The Morgan fingerprint density at radius 2 is 1.65 bits per heavy atom. The van der Waals surface area contributed by atoms with E-state index < -0.39 is 0 Å². The average molecular weight is 415 g/mol. The van der Waals surface area contributed by atoms with Gasteiger partial charge in [-0.1, -0.05) is 42.0 Å². The molecule has 0 bridgehead atoms. The molecule has 4 nitrogen and oxygen atoms in total. The first-order chi connectivity index (χ1) is 15.1. The summed E-state index contributed by atoms with van der Waals surface area (Å²) in [5.41, 5.74) is 4.59. The third-order valence-corrected chi connectivity index (χ3v) is 5.42. The molecular formula is C27H30N2O2. The van der Waals surface area contributed by atoms with Gasteiger partial charge in [-0.3, -0.25) is 0 Å². The number of hydrogen-bond acceptors (Lipinski definition) is 3. The Bertz CT molecular complexity index is 1130. The van der Waals surface area contributed by atoms with Crippen LogP contribution in [0, 0.1) is 13.8 Å². The van der Waals surface area contributed by atoms with Gasteiger partial charge in [0, 0.05) is 6.54 Å². The number of aryl methyl sites for hydroxylation is 3. The summed E-state index contributed by atoms with van der Waals surface area (Å²) in [4.78, 5) is 4.89. The van der Waals surface area contributed by atoms with Crippen molar-refractivity contribution in [2.75, 3.05) is 6.61 Å². The van der Waals surface area contributed by atoms with Crippen LogP contribution in [0.3, 0.4) is 0 Å². The van der Waals surface area contributed by atoms with Gasteiger partial charge in [0.2, 0.25) is 0 Å². The number of unbranched alkanes of at least 4 members (excludes halogenated alkanes) is 1. The molecule has 1 aromatic heterocycles. The quantitative estimate of drug-likeness (QED) is 0.288. The molecular weight excluding hydrogens is 384 g/mol. The Balaban J connectivity index is 1.42. The molecule has 0 spiro atoms. The lowest BCUT2D eigenvalue weighted by Gasteiger charge is -2.17. The molecule has 4 heteroatoms. The van der Waals surface area contributed by atoms with E-state index in [1.54, 1.807) is 0 Å². The first-order valence-corrected chi connectivity index (χ1v) is 11.0. The molecule has 0 N–H and O–H groups in total. The molecule has 0 aliphatic heterocycles. The monoisotopic (exact) mass is 414 g/mol. The van der Waals surface area contributed by atoms with Gasteiger partial charge < -0.3 is 14.0 Å². The highest BCUT2D eigenvalue weighted by molar-refractivity contribution is 5.76. The normalized spacial score (nSPS) is 12.1. The molecule has 0 fully saturated rings. The fourth-order valence-electron chi connectivity index (χ4n) is 3.78. The summed E-state index contributed by atoms with van der Waals surface area (Å²) in [5.74, 6) is 2.76. The average Bonchev–Trinajstić information content (AvgIpc) is 3.14. The lowest BCUT2D eigenvalue weighted by molar-refractivity contribution is 0.210. The summed E-state index contributed by atoms with van der Waals surface area (Å²) in [6, 6.07) is 24.7. The second-order valence-electron chi connectivity index (χ2n) is 8.06. The molecule has 31 heavy (non-hydrogen) atoms. The van der Waals surface area contributed by atoms with E-state index in [9.17, 15) is 0 Å². The summed E-state index contributed by atoms with van der Waals surface area (Å²) in [5, 5.41) is 0. The van der Waals surface area contributed by atoms with Crippen LogP contribution in [0.25, 0.3) is 11.0 Å². The Kier molecular flexibility index (Phi) is 6.56. The highest BCUT2D eigenvalue weighted by atomic mass is 16.5. The van der Waals surface area contributed by atoms with Crippen LogP contribution in [0.2, 0.25) is 0 Å². The highest BCUT2D eigenvalue weighted by Crippen LogP contribution is 2.26. The Hall–Kier alpha value is -3.27. The van der Waals surface area contributed by atoms with Gasteiger partial charge in [-0.2, -0.15) is 0 Å². The van der Waals surface area contributed by atoms with E-state index in [0.29, 0.717) is 6.61 Å². The van der Waals surface area contributed by atoms with Crippen molar-refractivity contribution in [1.29, 1.82) is 0 Å². The molecule has 0 aliphatic carbocycles. The molecule has 4 rings (SSSR count). The van der Waals surface area contributed by atoms with Crippen molar-refractivity contribution in [3.63, 3.8) is 0 Å². The number of ether oxygens (including phenoxy) is 2. The Morgan fingerprint density at radius 3 is 2.45 bits per heavy atom. The second-order valence-corrected chi connectivity index (χ2v) is 8.06. The predicted octanol–water partition coefficient (Wildman–Crippen LogP) is 6.65. The first-order valence-electron chi connectivity index (χ1n) is 11.0. The minimum atomic E-state index is -0.141. The zero-order valence-corrected chi connectivity index (χ0v) is 18.5. The minimum Gasteiger partial charge on any atom is -0.494 e. The maximum atomic E-state index is 6.24. The number of para-hydroxylation sites is 2. The lowest BCUT2D eigenvalue weighted by Crippen LogP contribution is -2.13. The molecule has 3 aromatic carbocycles. The van der Waals surface area contributed by atoms with Crippen molar-refractivity contribution in [1.82, 2.24) is 9.55 Å².